The monoisotopic (exact) mass is 222 g/mol. The molecule has 0 aromatic rings. The lowest BCUT2D eigenvalue weighted by Crippen LogP contribution is -2.10. The van der Waals surface area contributed by atoms with Gasteiger partial charge >= 0.3 is 0 Å². The van der Waals surface area contributed by atoms with E-state index < -0.39 is 0 Å². The quantitative estimate of drug-likeness (QED) is 0.661. The zero-order valence-electron chi connectivity index (χ0n) is 6.31. The Labute approximate surface area is 76.3 Å². The number of thioether (sulfide) groups is 1. The third kappa shape index (κ3) is 3.29. The van der Waals surface area contributed by atoms with Crippen LogP contribution in [0.15, 0.2) is 0 Å². The molecular weight excluding hydrogens is 208 g/mol. The highest BCUT2D eigenvalue weighted by Crippen LogP contribution is 2.25. The summed E-state index contributed by atoms with van der Waals surface area (Å²) in [7, 11) is 0. The summed E-state index contributed by atoms with van der Waals surface area (Å²) in [6, 6.07) is 0. The molecule has 1 unspecified atom stereocenters. The van der Waals surface area contributed by atoms with Crippen LogP contribution in [-0.4, -0.2) is 16.8 Å². The van der Waals surface area contributed by atoms with E-state index in [-0.39, 0.29) is 0 Å². The molecule has 0 N–H and O–H groups in total. The third-order valence-electron chi connectivity index (χ3n) is 2.00. The molecule has 0 saturated carbocycles. The van der Waals surface area contributed by atoms with E-state index in [0.29, 0.717) is 0 Å². The predicted octanol–water partition coefficient (Wildman–Crippen LogP) is 3.30. The number of rotatable bonds is 3. The van der Waals surface area contributed by atoms with Gasteiger partial charge in [-0.2, -0.15) is 11.8 Å². The maximum Gasteiger partial charge on any atom is 0.00314 e. The van der Waals surface area contributed by atoms with Crippen molar-refractivity contribution in [2.45, 2.75) is 25.7 Å². The van der Waals surface area contributed by atoms with Crippen LogP contribution in [0.2, 0.25) is 0 Å². The average molecular weight is 223 g/mol. The van der Waals surface area contributed by atoms with E-state index in [1.165, 1.54) is 42.5 Å². The average Bonchev–Trinajstić information content (AvgIpc) is 2.03. The Bertz CT molecular complexity index is 79.3. The summed E-state index contributed by atoms with van der Waals surface area (Å²) in [5.74, 6) is 3.87. The molecule has 1 atom stereocenters. The predicted molar refractivity (Wildman–Crippen MR) is 53.1 cm³/mol. The van der Waals surface area contributed by atoms with Crippen LogP contribution in [0.5, 0.6) is 0 Å². The van der Waals surface area contributed by atoms with Crippen LogP contribution in [0.4, 0.5) is 0 Å². The Balaban J connectivity index is 2.02. The van der Waals surface area contributed by atoms with E-state index in [9.17, 15) is 0 Å². The fourth-order valence-corrected chi connectivity index (χ4v) is 2.93. The van der Waals surface area contributed by atoms with Crippen molar-refractivity contribution in [1.82, 2.24) is 0 Å². The van der Waals surface area contributed by atoms with Crippen LogP contribution < -0.4 is 0 Å². The summed E-state index contributed by atoms with van der Waals surface area (Å²) >= 11 is 5.61. The van der Waals surface area contributed by atoms with Gasteiger partial charge in [0.2, 0.25) is 0 Å². The second kappa shape index (κ2) is 5.48. The maximum atomic E-state index is 3.47. The second-order valence-electron chi connectivity index (χ2n) is 2.91. The van der Waals surface area contributed by atoms with Gasteiger partial charge in [-0.1, -0.05) is 15.9 Å². The maximum absolute atomic E-state index is 3.47. The summed E-state index contributed by atoms with van der Waals surface area (Å²) in [5, 5.41) is 1.19. The molecule has 0 aromatic carbocycles. The lowest BCUT2D eigenvalue weighted by atomic mass is 10.0. The number of hydrogen-bond donors (Lipinski definition) is 0. The fraction of sp³-hybridized carbons (Fsp3) is 1.00. The highest BCUT2D eigenvalue weighted by Gasteiger charge is 2.12. The van der Waals surface area contributed by atoms with Gasteiger partial charge in [0.15, 0.2) is 0 Å². The molecule has 1 saturated heterocycles. The van der Waals surface area contributed by atoms with Gasteiger partial charge in [-0.05, 0) is 43.1 Å². The molecule has 2 heteroatoms. The molecule has 0 nitrogen and oxygen atoms in total. The van der Waals surface area contributed by atoms with Crippen molar-refractivity contribution in [3.63, 3.8) is 0 Å². The Morgan fingerprint density at radius 2 is 2.40 bits per heavy atom. The SMILES string of the molecule is BrCCCC1CCCSC1. The molecule has 0 radical (unpaired) electrons. The van der Waals surface area contributed by atoms with Gasteiger partial charge in [-0.15, -0.1) is 0 Å². The summed E-state index contributed by atoms with van der Waals surface area (Å²) in [4.78, 5) is 0. The standard InChI is InChI=1S/C8H15BrS/c9-5-1-3-8-4-2-6-10-7-8/h8H,1-7H2. The first kappa shape index (κ1) is 8.92. The summed E-state index contributed by atoms with van der Waals surface area (Å²) in [6.07, 6.45) is 5.75. The molecule has 1 fully saturated rings. The van der Waals surface area contributed by atoms with Gasteiger partial charge in [-0.25, -0.2) is 0 Å². The van der Waals surface area contributed by atoms with E-state index in [4.69, 9.17) is 0 Å². The number of hydrogen-bond acceptors (Lipinski definition) is 1. The molecule has 0 spiro atoms. The Morgan fingerprint density at radius 3 is 3.00 bits per heavy atom. The lowest BCUT2D eigenvalue weighted by Gasteiger charge is -2.20. The van der Waals surface area contributed by atoms with E-state index in [2.05, 4.69) is 27.7 Å². The molecule has 0 amide bonds. The molecule has 0 bridgehead atoms. The molecular formula is C8H15BrS. The third-order valence-corrected chi connectivity index (χ3v) is 3.85. The van der Waals surface area contributed by atoms with E-state index in [1.807, 2.05) is 0 Å². The van der Waals surface area contributed by atoms with Crippen LogP contribution in [-0.2, 0) is 0 Å². The van der Waals surface area contributed by atoms with Crippen molar-refractivity contribution in [2.75, 3.05) is 16.8 Å². The van der Waals surface area contributed by atoms with Crippen LogP contribution in [0.3, 0.4) is 0 Å². The molecule has 1 aliphatic rings. The molecule has 10 heavy (non-hydrogen) atoms. The highest BCUT2D eigenvalue weighted by molar-refractivity contribution is 9.09. The van der Waals surface area contributed by atoms with Crippen LogP contribution in [0.25, 0.3) is 0 Å². The van der Waals surface area contributed by atoms with Gasteiger partial charge < -0.3 is 0 Å². The first-order chi connectivity index (χ1) is 4.93. The minimum absolute atomic E-state index is 1.04. The summed E-state index contributed by atoms with van der Waals surface area (Å²) in [5.41, 5.74) is 0. The first-order valence-electron chi connectivity index (χ1n) is 4.07. The number of alkyl halides is 1. The molecule has 1 aliphatic heterocycles. The molecule has 1 rings (SSSR count). The number of halogens is 1. The van der Waals surface area contributed by atoms with E-state index in [0.717, 1.165) is 5.92 Å². The summed E-state index contributed by atoms with van der Waals surface area (Å²) < 4.78 is 0. The zero-order chi connectivity index (χ0) is 7.23. The van der Waals surface area contributed by atoms with Gasteiger partial charge in [0, 0.05) is 5.33 Å². The topological polar surface area (TPSA) is 0 Å². The van der Waals surface area contributed by atoms with Crippen molar-refractivity contribution < 1.29 is 0 Å². The lowest BCUT2D eigenvalue weighted by molar-refractivity contribution is 0.482. The first-order valence-corrected chi connectivity index (χ1v) is 6.35. The van der Waals surface area contributed by atoms with E-state index >= 15 is 0 Å². The van der Waals surface area contributed by atoms with Crippen LogP contribution >= 0.6 is 27.7 Å². The van der Waals surface area contributed by atoms with Crippen molar-refractivity contribution in [3.05, 3.63) is 0 Å². The van der Waals surface area contributed by atoms with Crippen molar-refractivity contribution in [1.29, 1.82) is 0 Å². The van der Waals surface area contributed by atoms with Crippen molar-refractivity contribution in [2.24, 2.45) is 5.92 Å². The van der Waals surface area contributed by atoms with Crippen LogP contribution in [0.1, 0.15) is 25.7 Å². The van der Waals surface area contributed by atoms with Crippen molar-refractivity contribution in [3.8, 4) is 0 Å². The normalized spacial score (nSPS) is 26.7. The Kier molecular flexibility index (Phi) is 4.89. The van der Waals surface area contributed by atoms with Gasteiger partial charge in [0.1, 0.15) is 0 Å². The Hall–Kier alpha value is 0.830. The fourth-order valence-electron chi connectivity index (χ4n) is 1.40. The molecule has 60 valence electrons. The van der Waals surface area contributed by atoms with Gasteiger partial charge in [0.25, 0.3) is 0 Å². The zero-order valence-corrected chi connectivity index (χ0v) is 8.72. The minimum Gasteiger partial charge on any atom is -0.162 e. The smallest absolute Gasteiger partial charge is 0.00314 e. The summed E-state index contributed by atoms with van der Waals surface area (Å²) in [6.45, 7) is 0. The minimum atomic E-state index is 1.04. The molecule has 0 aromatic heterocycles. The second-order valence-corrected chi connectivity index (χ2v) is 4.86. The largest absolute Gasteiger partial charge is 0.162 e. The molecule has 0 aliphatic carbocycles. The van der Waals surface area contributed by atoms with Gasteiger partial charge in [-0.3, -0.25) is 0 Å². The van der Waals surface area contributed by atoms with E-state index in [1.54, 1.807) is 0 Å². The van der Waals surface area contributed by atoms with Crippen molar-refractivity contribution >= 4 is 27.7 Å². The van der Waals surface area contributed by atoms with Gasteiger partial charge in [0.05, 0.1) is 0 Å². The van der Waals surface area contributed by atoms with Crippen LogP contribution in [0, 0.1) is 5.92 Å². The highest BCUT2D eigenvalue weighted by atomic mass is 79.9. The molecule has 1 heterocycles. The Morgan fingerprint density at radius 1 is 1.50 bits per heavy atom.